The average molecular weight is 429 g/mol. The Morgan fingerprint density at radius 1 is 1.07 bits per heavy atom. The van der Waals surface area contributed by atoms with E-state index in [1.807, 2.05) is 30.3 Å². The number of halogens is 1. The molecule has 5 heteroatoms. The topological polar surface area (TPSA) is 41.6 Å². The molecule has 0 heterocycles. The second kappa shape index (κ2) is 10.6. The maximum absolute atomic E-state index is 13.0. The predicted octanol–water partition coefficient (Wildman–Crippen LogP) is 5.35. The lowest BCUT2D eigenvalue weighted by molar-refractivity contribution is -0.118. The molecule has 4 nitrogen and oxygen atoms in total. The molecule has 0 radical (unpaired) electrons. The molecule has 0 bridgehead atoms. The van der Waals surface area contributed by atoms with Crippen LogP contribution in [0.15, 0.2) is 65.9 Å². The molecule has 0 amide bonds. The molecule has 162 valence electrons. The number of ketones is 1. The number of methoxy groups -OCH3 is 1. The highest BCUT2D eigenvalue weighted by Gasteiger charge is 2.33. The van der Waals surface area contributed by atoms with E-state index < -0.39 is 0 Å². The Hall–Kier alpha value is -2.30. The molecule has 0 saturated heterocycles. The van der Waals surface area contributed by atoms with Gasteiger partial charge in [0.1, 0.15) is 5.75 Å². The van der Waals surface area contributed by atoms with Gasteiger partial charge in [0.15, 0.2) is 5.78 Å². The number of rotatable bonds is 8. The van der Waals surface area contributed by atoms with Crippen molar-refractivity contribution in [3.05, 3.63) is 71.4 Å². The van der Waals surface area contributed by atoms with Crippen LogP contribution in [0.5, 0.6) is 5.75 Å². The number of carbonyl (C=O) groups is 1. The highest BCUT2D eigenvalue weighted by molar-refractivity contribution is 5.98. The van der Waals surface area contributed by atoms with E-state index in [2.05, 4.69) is 55.4 Å². The minimum absolute atomic E-state index is 0. The quantitative estimate of drug-likeness (QED) is 0.615. The Morgan fingerprint density at radius 2 is 1.80 bits per heavy atom. The van der Waals surface area contributed by atoms with Gasteiger partial charge >= 0.3 is 0 Å². The van der Waals surface area contributed by atoms with E-state index in [4.69, 9.17) is 4.74 Å². The van der Waals surface area contributed by atoms with Crippen LogP contribution in [0, 0.1) is 5.41 Å². The third-order valence-electron chi connectivity index (χ3n) is 5.41. The molecule has 0 spiro atoms. The number of carbonyl (C=O) groups excluding carboxylic acids is 1. The second-order valence-corrected chi connectivity index (χ2v) is 8.73. The number of benzene rings is 2. The summed E-state index contributed by atoms with van der Waals surface area (Å²) in [6, 6.07) is 18.3. The van der Waals surface area contributed by atoms with Crippen LogP contribution in [0.4, 0.5) is 5.69 Å². The van der Waals surface area contributed by atoms with Crippen LogP contribution < -0.4 is 10.1 Å². The highest BCUT2D eigenvalue weighted by atomic mass is 35.5. The van der Waals surface area contributed by atoms with Gasteiger partial charge in [-0.05, 0) is 43.0 Å². The molecule has 0 saturated carbocycles. The van der Waals surface area contributed by atoms with Crippen LogP contribution in [0.25, 0.3) is 0 Å². The summed E-state index contributed by atoms with van der Waals surface area (Å²) >= 11 is 0. The zero-order chi connectivity index (χ0) is 20.9. The molecule has 0 aliphatic heterocycles. The summed E-state index contributed by atoms with van der Waals surface area (Å²) in [6.45, 7) is 5.90. The summed E-state index contributed by atoms with van der Waals surface area (Å²) in [7, 11) is 3.75. The van der Waals surface area contributed by atoms with Crippen molar-refractivity contribution in [1.82, 2.24) is 4.90 Å². The lowest BCUT2D eigenvalue weighted by atomic mass is 9.75. The Bertz CT molecular complexity index is 878. The summed E-state index contributed by atoms with van der Waals surface area (Å²) in [4.78, 5) is 15.2. The normalized spacial score (nSPS) is 15.7. The first-order valence-electron chi connectivity index (χ1n) is 10.2. The average Bonchev–Trinajstić information content (AvgIpc) is 2.69. The van der Waals surface area contributed by atoms with Crippen LogP contribution in [-0.4, -0.2) is 37.9 Å². The minimum atomic E-state index is -0.0373. The first kappa shape index (κ1) is 24.0. The van der Waals surface area contributed by atoms with Gasteiger partial charge < -0.3 is 15.0 Å². The molecule has 3 rings (SSSR count). The zero-order valence-corrected chi connectivity index (χ0v) is 19.2. The van der Waals surface area contributed by atoms with E-state index in [9.17, 15) is 4.79 Å². The Kier molecular flexibility index (Phi) is 8.51. The van der Waals surface area contributed by atoms with E-state index >= 15 is 0 Å². The summed E-state index contributed by atoms with van der Waals surface area (Å²) in [5, 5.41) is 3.52. The van der Waals surface area contributed by atoms with E-state index in [0.29, 0.717) is 13.0 Å². The van der Waals surface area contributed by atoms with Crippen LogP contribution in [0.2, 0.25) is 0 Å². The summed E-state index contributed by atoms with van der Waals surface area (Å²) in [5.74, 6) is 1.05. The molecule has 1 aliphatic rings. The van der Waals surface area contributed by atoms with Crippen LogP contribution in [0.3, 0.4) is 0 Å². The van der Waals surface area contributed by atoms with Gasteiger partial charge in [-0.25, -0.2) is 0 Å². The number of ether oxygens (including phenoxy) is 1. The number of nitrogens with zero attached hydrogens (tertiary/aromatic N) is 1. The monoisotopic (exact) mass is 428 g/mol. The third kappa shape index (κ3) is 6.61. The molecular weight excluding hydrogens is 396 g/mol. The van der Waals surface area contributed by atoms with Gasteiger partial charge in [0, 0.05) is 42.5 Å². The Morgan fingerprint density at radius 3 is 2.50 bits per heavy atom. The van der Waals surface area contributed by atoms with Crippen molar-refractivity contribution in [3.63, 3.8) is 0 Å². The maximum Gasteiger partial charge on any atom is 0.162 e. The number of hydrogen-bond donors (Lipinski definition) is 1. The fraction of sp³-hybridized carbons (Fsp3) is 0.400. The number of nitrogens with one attached hydrogen (secondary N) is 1. The number of allylic oxidation sites excluding steroid dienone is 1. The van der Waals surface area contributed by atoms with Crippen LogP contribution in [-0.2, 0) is 11.2 Å². The second-order valence-electron chi connectivity index (χ2n) is 8.73. The van der Waals surface area contributed by atoms with E-state index in [1.54, 1.807) is 7.11 Å². The summed E-state index contributed by atoms with van der Waals surface area (Å²) < 4.78 is 5.34. The highest BCUT2D eigenvalue weighted by Crippen LogP contribution is 2.37. The maximum atomic E-state index is 13.0. The van der Waals surface area contributed by atoms with Gasteiger partial charge in [0.2, 0.25) is 0 Å². The van der Waals surface area contributed by atoms with Crippen LogP contribution in [0.1, 0.15) is 32.3 Å². The fourth-order valence-corrected chi connectivity index (χ4v) is 3.85. The molecular formula is C25H33ClN2O2. The van der Waals surface area contributed by atoms with E-state index in [-0.39, 0.29) is 23.6 Å². The minimum Gasteiger partial charge on any atom is -0.497 e. The lowest BCUT2D eigenvalue weighted by Gasteiger charge is -2.34. The largest absolute Gasteiger partial charge is 0.497 e. The van der Waals surface area contributed by atoms with Crippen molar-refractivity contribution in [2.24, 2.45) is 5.41 Å². The first-order valence-corrected chi connectivity index (χ1v) is 10.2. The molecule has 1 aliphatic carbocycles. The zero-order valence-electron chi connectivity index (χ0n) is 18.4. The molecule has 0 aromatic heterocycles. The van der Waals surface area contributed by atoms with Crippen molar-refractivity contribution in [3.8, 4) is 5.75 Å². The van der Waals surface area contributed by atoms with Crippen molar-refractivity contribution in [2.75, 3.05) is 32.6 Å². The van der Waals surface area contributed by atoms with Crippen molar-refractivity contribution < 1.29 is 9.53 Å². The fourth-order valence-electron chi connectivity index (χ4n) is 3.85. The molecule has 0 fully saturated rings. The van der Waals surface area contributed by atoms with E-state index in [0.717, 1.165) is 42.1 Å². The van der Waals surface area contributed by atoms with Crippen molar-refractivity contribution >= 4 is 23.9 Å². The van der Waals surface area contributed by atoms with Gasteiger partial charge in [-0.15, -0.1) is 12.4 Å². The van der Waals surface area contributed by atoms with Gasteiger partial charge in [0.25, 0.3) is 0 Å². The number of likely N-dealkylation sites (N-methyl/N-ethyl adjacent to an activating group) is 1. The summed E-state index contributed by atoms with van der Waals surface area (Å²) in [5.41, 5.74) is 4.17. The number of anilines is 1. The number of Topliss-reactive ketones (excluding diaryl/α,β-unsaturated/α-hetero) is 1. The van der Waals surface area contributed by atoms with Gasteiger partial charge in [0.05, 0.1) is 7.11 Å². The smallest absolute Gasteiger partial charge is 0.162 e. The van der Waals surface area contributed by atoms with Crippen molar-refractivity contribution in [1.29, 1.82) is 0 Å². The van der Waals surface area contributed by atoms with E-state index in [1.165, 1.54) is 5.56 Å². The first-order chi connectivity index (χ1) is 13.9. The van der Waals surface area contributed by atoms with Crippen LogP contribution >= 0.6 is 12.4 Å². The predicted molar refractivity (Wildman–Crippen MR) is 127 cm³/mol. The Labute approximate surface area is 186 Å². The molecule has 1 N–H and O–H groups in total. The summed E-state index contributed by atoms with van der Waals surface area (Å²) in [6.07, 6.45) is 2.43. The molecule has 0 atom stereocenters. The molecule has 2 aromatic rings. The van der Waals surface area contributed by atoms with Gasteiger partial charge in [-0.2, -0.15) is 0 Å². The van der Waals surface area contributed by atoms with Gasteiger partial charge in [-0.3, -0.25) is 4.79 Å². The van der Waals surface area contributed by atoms with Gasteiger partial charge in [-0.1, -0.05) is 50.2 Å². The standard InChI is InChI=1S/C25H32N2O2.ClH/c1-25(2)16-23(26-20-11-8-12-21(15-20)29-4)22(24(28)17-25)18-27(3)14-13-19-9-6-5-7-10-19;/h5-12,15,26H,13-14,16-18H2,1-4H3;1H. The number of hydrogen-bond acceptors (Lipinski definition) is 4. The van der Waals surface area contributed by atoms with Crippen molar-refractivity contribution in [2.45, 2.75) is 33.1 Å². The molecule has 30 heavy (non-hydrogen) atoms. The SMILES string of the molecule is COc1cccc(NC2=C(CN(C)CCc3ccccc3)C(=O)CC(C)(C)C2)c1.Cl. The Balaban J connectivity index is 0.00000320. The third-order valence-corrected chi connectivity index (χ3v) is 5.41. The lowest BCUT2D eigenvalue weighted by Crippen LogP contribution is -2.34. The molecule has 2 aromatic carbocycles. The molecule has 0 unspecified atom stereocenters.